The number of nitrogens with zero attached hydrogens (tertiary/aromatic N) is 2. The predicted molar refractivity (Wildman–Crippen MR) is 165 cm³/mol. The molecule has 0 heterocycles. The third-order valence-electron chi connectivity index (χ3n) is 7.21. The summed E-state index contributed by atoms with van der Waals surface area (Å²) in [5, 5.41) is 2.96. The summed E-state index contributed by atoms with van der Waals surface area (Å²) in [7, 11) is -4.10. The first-order valence-electron chi connectivity index (χ1n) is 14.1. The van der Waals surface area contributed by atoms with Crippen LogP contribution in [0.4, 0.5) is 5.69 Å². The van der Waals surface area contributed by atoms with Crippen LogP contribution >= 0.6 is 0 Å². The summed E-state index contributed by atoms with van der Waals surface area (Å²) in [6.07, 6.45) is 0.385. The van der Waals surface area contributed by atoms with Crippen LogP contribution < -0.4 is 9.62 Å². The van der Waals surface area contributed by atoms with Gasteiger partial charge in [-0.3, -0.25) is 13.9 Å². The van der Waals surface area contributed by atoms with Crippen molar-refractivity contribution in [3.05, 3.63) is 94.5 Å². The van der Waals surface area contributed by atoms with E-state index in [1.54, 1.807) is 36.4 Å². The molecule has 1 N–H and O–H groups in total. The highest BCUT2D eigenvalue weighted by molar-refractivity contribution is 7.92. The second kappa shape index (κ2) is 13.8. The Balaban J connectivity index is 2.06. The monoisotopic (exact) mass is 577 g/mol. The Morgan fingerprint density at radius 3 is 1.95 bits per heavy atom. The SMILES string of the molecule is CC[C@H](C(=O)NCC(C)C)N(Cc1ccc(C)cc1)C(=O)CN(c1ccc(C)c(C)c1)S(=O)(=O)c1ccc(C)cc1. The van der Waals surface area contributed by atoms with E-state index in [0.717, 1.165) is 32.1 Å². The smallest absolute Gasteiger partial charge is 0.264 e. The molecule has 0 aliphatic carbocycles. The number of rotatable bonds is 12. The summed E-state index contributed by atoms with van der Waals surface area (Å²) in [6, 6.07) is 19.0. The zero-order valence-electron chi connectivity index (χ0n) is 25.3. The Morgan fingerprint density at radius 1 is 0.829 bits per heavy atom. The molecule has 1 atom stereocenters. The van der Waals surface area contributed by atoms with Crippen LogP contribution in [0.2, 0.25) is 0 Å². The van der Waals surface area contributed by atoms with Gasteiger partial charge in [0.2, 0.25) is 11.8 Å². The van der Waals surface area contributed by atoms with Crippen molar-refractivity contribution in [2.24, 2.45) is 5.92 Å². The molecule has 220 valence electrons. The van der Waals surface area contributed by atoms with E-state index in [4.69, 9.17) is 0 Å². The first-order valence-corrected chi connectivity index (χ1v) is 15.6. The second-order valence-corrected chi connectivity index (χ2v) is 13.0. The second-order valence-electron chi connectivity index (χ2n) is 11.2. The molecular formula is C33H43N3O4S. The molecule has 0 aliphatic heterocycles. The van der Waals surface area contributed by atoms with Crippen LogP contribution in [0.25, 0.3) is 0 Å². The van der Waals surface area contributed by atoms with E-state index in [1.807, 2.05) is 78.8 Å². The van der Waals surface area contributed by atoms with Gasteiger partial charge >= 0.3 is 0 Å². The molecule has 0 saturated carbocycles. The maximum atomic E-state index is 14.2. The molecule has 0 aliphatic rings. The van der Waals surface area contributed by atoms with Gasteiger partial charge in [0, 0.05) is 13.1 Å². The molecule has 0 radical (unpaired) electrons. The molecule has 3 rings (SSSR count). The van der Waals surface area contributed by atoms with Crippen LogP contribution in [0.3, 0.4) is 0 Å². The topological polar surface area (TPSA) is 86.8 Å². The Morgan fingerprint density at radius 2 is 1.41 bits per heavy atom. The van der Waals surface area contributed by atoms with Gasteiger partial charge in [0.15, 0.2) is 0 Å². The molecule has 0 bridgehead atoms. The van der Waals surface area contributed by atoms with Crippen LogP contribution in [-0.4, -0.2) is 44.3 Å². The standard InChI is InChI=1S/C33H43N3O4S/c1-8-31(33(38)34-20-23(2)3)35(21-28-14-9-24(4)10-15-28)32(37)22-36(29-16-13-26(6)27(7)19-29)41(39,40)30-17-11-25(5)12-18-30/h9-19,23,31H,8,20-22H2,1-7H3,(H,34,38)/t31-/m1/s1. The zero-order chi connectivity index (χ0) is 30.3. The van der Waals surface area contributed by atoms with Crippen molar-refractivity contribution < 1.29 is 18.0 Å². The van der Waals surface area contributed by atoms with Gasteiger partial charge in [-0.15, -0.1) is 0 Å². The molecule has 0 fully saturated rings. The lowest BCUT2D eigenvalue weighted by molar-refractivity contribution is -0.140. The van der Waals surface area contributed by atoms with E-state index in [-0.39, 0.29) is 23.3 Å². The van der Waals surface area contributed by atoms with Gasteiger partial charge in [-0.1, -0.05) is 74.4 Å². The predicted octanol–water partition coefficient (Wildman–Crippen LogP) is 5.70. The fourth-order valence-electron chi connectivity index (χ4n) is 4.48. The fraction of sp³-hybridized carbons (Fsp3) is 0.394. The number of nitrogens with one attached hydrogen (secondary N) is 1. The van der Waals surface area contributed by atoms with E-state index < -0.39 is 28.5 Å². The molecule has 2 amide bonds. The number of sulfonamides is 1. The van der Waals surface area contributed by atoms with Gasteiger partial charge in [-0.25, -0.2) is 8.42 Å². The average Bonchev–Trinajstić information content (AvgIpc) is 2.93. The molecular weight excluding hydrogens is 534 g/mol. The highest BCUT2D eigenvalue weighted by Crippen LogP contribution is 2.27. The Hall–Kier alpha value is -3.65. The first kappa shape index (κ1) is 31.9. The minimum atomic E-state index is -4.10. The summed E-state index contributed by atoms with van der Waals surface area (Å²) in [6.45, 7) is 13.8. The third kappa shape index (κ3) is 8.19. The lowest BCUT2D eigenvalue weighted by Crippen LogP contribution is -2.52. The average molecular weight is 578 g/mol. The van der Waals surface area contributed by atoms with Crippen molar-refractivity contribution >= 4 is 27.5 Å². The van der Waals surface area contributed by atoms with Crippen molar-refractivity contribution in [3.63, 3.8) is 0 Å². The highest BCUT2D eigenvalue weighted by atomic mass is 32.2. The van der Waals surface area contributed by atoms with Gasteiger partial charge in [-0.2, -0.15) is 0 Å². The first-order chi connectivity index (χ1) is 19.3. The normalized spacial score (nSPS) is 12.2. The largest absolute Gasteiger partial charge is 0.354 e. The summed E-state index contributed by atoms with van der Waals surface area (Å²) < 4.78 is 29.2. The molecule has 7 nitrogen and oxygen atoms in total. The van der Waals surface area contributed by atoms with Gasteiger partial charge in [-0.05, 0) is 81.0 Å². The Bertz CT molecular complexity index is 1450. The molecule has 0 unspecified atom stereocenters. The quantitative estimate of drug-likeness (QED) is 0.299. The van der Waals surface area contributed by atoms with Crippen LogP contribution in [-0.2, 0) is 26.2 Å². The van der Waals surface area contributed by atoms with E-state index in [2.05, 4.69) is 5.32 Å². The fourth-order valence-corrected chi connectivity index (χ4v) is 5.89. The Labute approximate surface area is 245 Å². The maximum absolute atomic E-state index is 14.2. The Kier molecular flexibility index (Phi) is 10.7. The van der Waals surface area contributed by atoms with E-state index in [1.165, 1.54) is 4.90 Å². The third-order valence-corrected chi connectivity index (χ3v) is 9.00. The van der Waals surface area contributed by atoms with Gasteiger partial charge < -0.3 is 10.2 Å². The van der Waals surface area contributed by atoms with Crippen LogP contribution in [0.15, 0.2) is 71.6 Å². The van der Waals surface area contributed by atoms with Gasteiger partial charge in [0.05, 0.1) is 10.6 Å². The maximum Gasteiger partial charge on any atom is 0.264 e. The number of carbonyl (C=O) groups excluding carboxylic acids is 2. The van der Waals surface area contributed by atoms with Crippen molar-refractivity contribution in [2.75, 3.05) is 17.4 Å². The lowest BCUT2D eigenvalue weighted by Gasteiger charge is -2.33. The van der Waals surface area contributed by atoms with E-state index in [0.29, 0.717) is 18.7 Å². The minimum absolute atomic E-state index is 0.0981. The van der Waals surface area contributed by atoms with Crippen molar-refractivity contribution in [3.8, 4) is 0 Å². The summed E-state index contributed by atoms with van der Waals surface area (Å²) >= 11 is 0. The molecule has 0 aromatic heterocycles. The number of aryl methyl sites for hydroxylation is 4. The summed E-state index contributed by atoms with van der Waals surface area (Å²) in [5.41, 5.74) is 5.20. The van der Waals surface area contributed by atoms with Crippen LogP contribution in [0.1, 0.15) is 55.0 Å². The molecule has 41 heavy (non-hydrogen) atoms. The number of amides is 2. The van der Waals surface area contributed by atoms with E-state index >= 15 is 0 Å². The van der Waals surface area contributed by atoms with Crippen LogP contribution in [0.5, 0.6) is 0 Å². The summed E-state index contributed by atoms with van der Waals surface area (Å²) in [5.74, 6) is -0.454. The number of carbonyl (C=O) groups is 2. The molecule has 3 aromatic carbocycles. The van der Waals surface area contributed by atoms with E-state index in [9.17, 15) is 18.0 Å². The molecule has 8 heteroatoms. The van der Waals surface area contributed by atoms with Crippen LogP contribution in [0, 0.1) is 33.6 Å². The van der Waals surface area contributed by atoms with Crippen molar-refractivity contribution in [2.45, 2.75) is 72.4 Å². The number of hydrogen-bond donors (Lipinski definition) is 1. The summed E-state index contributed by atoms with van der Waals surface area (Å²) in [4.78, 5) is 29.1. The number of anilines is 1. The molecule has 0 saturated heterocycles. The molecule has 0 spiro atoms. The number of hydrogen-bond acceptors (Lipinski definition) is 4. The zero-order valence-corrected chi connectivity index (χ0v) is 26.1. The lowest BCUT2D eigenvalue weighted by atomic mass is 10.1. The number of benzene rings is 3. The van der Waals surface area contributed by atoms with Gasteiger partial charge in [0.1, 0.15) is 12.6 Å². The van der Waals surface area contributed by atoms with Crippen molar-refractivity contribution in [1.29, 1.82) is 0 Å². The van der Waals surface area contributed by atoms with Crippen molar-refractivity contribution in [1.82, 2.24) is 10.2 Å². The van der Waals surface area contributed by atoms with Gasteiger partial charge in [0.25, 0.3) is 10.0 Å². The minimum Gasteiger partial charge on any atom is -0.354 e. The highest BCUT2D eigenvalue weighted by Gasteiger charge is 2.33. The molecule has 3 aromatic rings.